The van der Waals surface area contributed by atoms with Crippen LogP contribution in [0.2, 0.25) is 0 Å². The van der Waals surface area contributed by atoms with Gasteiger partial charge in [-0.15, -0.1) is 12.4 Å². The van der Waals surface area contributed by atoms with Crippen LogP contribution in [0.4, 0.5) is 0 Å². The Hall–Kier alpha value is -1.10. The zero-order valence-electron chi connectivity index (χ0n) is 14.3. The first-order valence-electron chi connectivity index (χ1n) is 8.87. The number of rotatable bonds is 4. The number of halogens is 1. The minimum atomic E-state index is -0.685. The number of nitrogens with two attached hydrogens (primary N) is 1. The molecular weight excluding hydrogens is 324 g/mol. The first-order chi connectivity index (χ1) is 11.2. The molecule has 1 aromatic rings. The number of ether oxygens (including phenoxy) is 1. The fourth-order valence-corrected chi connectivity index (χ4v) is 3.70. The van der Waals surface area contributed by atoms with E-state index in [1.165, 1.54) is 12.0 Å². The van der Waals surface area contributed by atoms with E-state index in [1.54, 1.807) is 0 Å². The van der Waals surface area contributed by atoms with Gasteiger partial charge >= 0.3 is 0 Å². The lowest BCUT2D eigenvalue weighted by atomic mass is 9.86. The highest BCUT2D eigenvalue weighted by Crippen LogP contribution is 2.26. The number of hydrogen-bond acceptors (Lipinski definition) is 3. The molecule has 0 aliphatic carbocycles. The fourth-order valence-electron chi connectivity index (χ4n) is 3.70. The molecule has 134 valence electrons. The van der Waals surface area contributed by atoms with Gasteiger partial charge in [-0.2, -0.15) is 0 Å². The van der Waals surface area contributed by atoms with E-state index in [-0.39, 0.29) is 18.3 Å². The predicted molar refractivity (Wildman–Crippen MR) is 98.3 cm³/mol. The molecule has 2 heterocycles. The van der Waals surface area contributed by atoms with Crippen molar-refractivity contribution in [1.29, 1.82) is 0 Å². The molecule has 0 aromatic heterocycles. The molecule has 0 unspecified atom stereocenters. The second-order valence-electron chi connectivity index (χ2n) is 7.03. The van der Waals surface area contributed by atoms with E-state index in [0.29, 0.717) is 26.1 Å². The summed E-state index contributed by atoms with van der Waals surface area (Å²) in [5.41, 5.74) is 7.06. The number of hydrogen-bond donors (Lipinski definition) is 1. The van der Waals surface area contributed by atoms with Crippen molar-refractivity contribution in [2.45, 2.75) is 44.1 Å². The summed E-state index contributed by atoms with van der Waals surface area (Å²) >= 11 is 0. The zero-order chi connectivity index (χ0) is 16.1. The minimum Gasteiger partial charge on any atom is -0.381 e. The van der Waals surface area contributed by atoms with Crippen LogP contribution in [0.15, 0.2) is 30.3 Å². The summed E-state index contributed by atoms with van der Waals surface area (Å²) in [6.45, 7) is 2.93. The fraction of sp³-hybridized carbons (Fsp3) is 0.632. The lowest BCUT2D eigenvalue weighted by molar-refractivity contribution is -0.142. The molecule has 4 nitrogen and oxygen atoms in total. The monoisotopic (exact) mass is 352 g/mol. The summed E-state index contributed by atoms with van der Waals surface area (Å²) in [4.78, 5) is 14.7. The van der Waals surface area contributed by atoms with Crippen molar-refractivity contribution < 1.29 is 9.53 Å². The van der Waals surface area contributed by atoms with Gasteiger partial charge in [0.2, 0.25) is 5.91 Å². The molecule has 3 rings (SSSR count). The molecule has 1 amide bonds. The Morgan fingerprint density at radius 3 is 2.42 bits per heavy atom. The maximum absolute atomic E-state index is 12.7. The van der Waals surface area contributed by atoms with Gasteiger partial charge in [0.15, 0.2) is 0 Å². The Morgan fingerprint density at radius 1 is 1.17 bits per heavy atom. The number of carbonyl (C=O) groups is 1. The van der Waals surface area contributed by atoms with Crippen LogP contribution in [0.5, 0.6) is 0 Å². The molecule has 2 aliphatic rings. The maximum Gasteiger partial charge on any atom is 0.242 e. The lowest BCUT2D eigenvalue weighted by Gasteiger charge is -2.40. The molecular formula is C19H29ClN2O2. The number of nitrogens with zero attached hydrogens (tertiary/aromatic N) is 1. The Morgan fingerprint density at radius 2 is 1.79 bits per heavy atom. The summed E-state index contributed by atoms with van der Waals surface area (Å²) in [5.74, 6) is 0.866. The van der Waals surface area contributed by atoms with Gasteiger partial charge < -0.3 is 15.4 Å². The van der Waals surface area contributed by atoms with Crippen LogP contribution in [0.1, 0.15) is 37.7 Å². The van der Waals surface area contributed by atoms with Gasteiger partial charge in [0.1, 0.15) is 0 Å². The van der Waals surface area contributed by atoms with Crippen molar-refractivity contribution in [1.82, 2.24) is 4.90 Å². The molecule has 0 saturated carbocycles. The molecule has 0 radical (unpaired) electrons. The largest absolute Gasteiger partial charge is 0.381 e. The van der Waals surface area contributed by atoms with Crippen LogP contribution in [-0.2, 0) is 16.0 Å². The summed E-state index contributed by atoms with van der Waals surface area (Å²) in [6, 6.07) is 10.7. The van der Waals surface area contributed by atoms with Gasteiger partial charge in [0.25, 0.3) is 0 Å². The number of likely N-dealkylation sites (tertiary alicyclic amines) is 1. The average molecular weight is 353 g/mol. The van der Waals surface area contributed by atoms with Crippen LogP contribution in [0.25, 0.3) is 0 Å². The van der Waals surface area contributed by atoms with Gasteiger partial charge in [-0.1, -0.05) is 30.3 Å². The van der Waals surface area contributed by atoms with Crippen molar-refractivity contribution >= 4 is 18.3 Å². The smallest absolute Gasteiger partial charge is 0.242 e. The number of carbonyl (C=O) groups excluding carboxylic acids is 1. The highest BCUT2D eigenvalue weighted by molar-refractivity contribution is 5.86. The molecule has 0 atom stereocenters. The third kappa shape index (κ3) is 4.71. The summed E-state index contributed by atoms with van der Waals surface area (Å²) in [7, 11) is 0. The van der Waals surface area contributed by atoms with E-state index in [9.17, 15) is 4.79 Å². The molecule has 2 saturated heterocycles. The Labute approximate surface area is 151 Å². The molecule has 24 heavy (non-hydrogen) atoms. The second-order valence-corrected chi connectivity index (χ2v) is 7.03. The quantitative estimate of drug-likeness (QED) is 0.906. The van der Waals surface area contributed by atoms with Crippen LogP contribution in [-0.4, -0.2) is 42.6 Å². The Bertz CT molecular complexity index is 509. The standard InChI is InChI=1S/C19H28N2O2.ClH/c20-19(10-14-23-15-11-19)18(22)21-12-8-17(9-13-21)7-6-16-4-2-1-3-5-16;/h1-5,17H,6-15,20H2;1H. The van der Waals surface area contributed by atoms with Gasteiger partial charge in [-0.3, -0.25) is 4.79 Å². The minimum absolute atomic E-state index is 0. The molecule has 2 fully saturated rings. The third-order valence-corrected chi connectivity index (χ3v) is 5.40. The third-order valence-electron chi connectivity index (χ3n) is 5.40. The first kappa shape index (κ1) is 19.2. The molecule has 5 heteroatoms. The van der Waals surface area contributed by atoms with Crippen molar-refractivity contribution in [2.75, 3.05) is 26.3 Å². The summed E-state index contributed by atoms with van der Waals surface area (Å²) in [5, 5.41) is 0. The SMILES string of the molecule is Cl.NC1(C(=O)N2CCC(CCc3ccccc3)CC2)CCOCC1. The Balaban J connectivity index is 0.00000208. The number of aryl methyl sites for hydroxylation is 1. The number of amides is 1. The van der Waals surface area contributed by atoms with Crippen LogP contribution in [0.3, 0.4) is 0 Å². The molecule has 2 aliphatic heterocycles. The highest BCUT2D eigenvalue weighted by Gasteiger charge is 2.39. The lowest BCUT2D eigenvalue weighted by Crippen LogP contribution is -2.59. The van der Waals surface area contributed by atoms with E-state index in [0.717, 1.165) is 38.3 Å². The summed E-state index contributed by atoms with van der Waals surface area (Å²) in [6.07, 6.45) is 5.86. The Kier molecular flexibility index (Phi) is 7.08. The zero-order valence-corrected chi connectivity index (χ0v) is 15.1. The van der Waals surface area contributed by atoms with Crippen LogP contribution < -0.4 is 5.73 Å². The number of benzene rings is 1. The highest BCUT2D eigenvalue weighted by atomic mass is 35.5. The van der Waals surface area contributed by atoms with E-state index < -0.39 is 5.54 Å². The topological polar surface area (TPSA) is 55.6 Å². The van der Waals surface area contributed by atoms with Crippen molar-refractivity contribution in [2.24, 2.45) is 11.7 Å². The first-order valence-corrected chi connectivity index (χ1v) is 8.87. The molecule has 2 N–H and O–H groups in total. The summed E-state index contributed by atoms with van der Waals surface area (Å²) < 4.78 is 5.34. The number of piperidine rings is 1. The van der Waals surface area contributed by atoms with Gasteiger partial charge in [0.05, 0.1) is 5.54 Å². The van der Waals surface area contributed by atoms with E-state index in [4.69, 9.17) is 10.5 Å². The van der Waals surface area contributed by atoms with Crippen molar-refractivity contribution in [3.8, 4) is 0 Å². The molecule has 1 aromatic carbocycles. The molecule has 0 spiro atoms. The van der Waals surface area contributed by atoms with Gasteiger partial charge in [0, 0.05) is 26.3 Å². The van der Waals surface area contributed by atoms with E-state index in [2.05, 4.69) is 30.3 Å². The van der Waals surface area contributed by atoms with Crippen LogP contribution in [0, 0.1) is 5.92 Å². The normalized spacial score (nSPS) is 21.1. The molecule has 0 bridgehead atoms. The van der Waals surface area contributed by atoms with Crippen LogP contribution >= 0.6 is 12.4 Å². The second kappa shape index (κ2) is 8.84. The van der Waals surface area contributed by atoms with Crippen molar-refractivity contribution in [3.63, 3.8) is 0 Å². The van der Waals surface area contributed by atoms with E-state index in [1.807, 2.05) is 4.90 Å². The maximum atomic E-state index is 12.7. The van der Waals surface area contributed by atoms with Gasteiger partial charge in [-0.25, -0.2) is 0 Å². The van der Waals surface area contributed by atoms with E-state index >= 15 is 0 Å². The van der Waals surface area contributed by atoms with Gasteiger partial charge in [-0.05, 0) is 50.0 Å². The van der Waals surface area contributed by atoms with Crippen molar-refractivity contribution in [3.05, 3.63) is 35.9 Å². The predicted octanol–water partition coefficient (Wildman–Crippen LogP) is 2.79. The average Bonchev–Trinajstić information content (AvgIpc) is 2.61.